The van der Waals surface area contributed by atoms with Gasteiger partial charge in [0.2, 0.25) is 0 Å². The molecule has 0 N–H and O–H groups in total. The molecule has 1 rings (SSSR count). The van der Waals surface area contributed by atoms with Crippen molar-refractivity contribution in [3.63, 3.8) is 0 Å². The maximum atomic E-state index is 4.22. The minimum absolute atomic E-state index is 0.524. The van der Waals surface area contributed by atoms with Crippen molar-refractivity contribution in [2.45, 2.75) is 47.0 Å². The molecule has 0 fully saturated rings. The van der Waals surface area contributed by atoms with Crippen LogP contribution in [0, 0.1) is 6.92 Å². The molecule has 70 valence electrons. The van der Waals surface area contributed by atoms with Gasteiger partial charge in [-0.3, -0.25) is 0 Å². The first-order valence-electron chi connectivity index (χ1n) is 4.42. The van der Waals surface area contributed by atoms with Crippen molar-refractivity contribution in [3.05, 3.63) is 10.8 Å². The highest BCUT2D eigenvalue weighted by atomic mass is 32.1. The largest absolute Gasteiger partial charge is 0.225 e. The molecule has 2 nitrogen and oxygen atoms in total. The second-order valence-electron chi connectivity index (χ2n) is 3.04. The molecule has 0 saturated carbocycles. The number of aryl methyl sites for hydroxylation is 1. The SMILES string of the molecule is CCC.Cc1nsc(C(C)C)n1. The molecule has 0 aliphatic heterocycles. The predicted octanol–water partition coefficient (Wildman–Crippen LogP) is 3.39. The Morgan fingerprint density at radius 3 is 2.00 bits per heavy atom. The monoisotopic (exact) mass is 186 g/mol. The van der Waals surface area contributed by atoms with Crippen LogP contribution in [-0.2, 0) is 0 Å². The molecule has 0 aromatic carbocycles. The standard InChI is InChI=1S/C6H10N2S.C3H8/c1-4(2)6-7-5(3)8-9-6;1-3-2/h4H,1-3H3;3H2,1-2H3. The van der Waals surface area contributed by atoms with Crippen LogP contribution in [0.15, 0.2) is 0 Å². The lowest BCUT2D eigenvalue weighted by Gasteiger charge is -1.92. The van der Waals surface area contributed by atoms with Gasteiger partial charge in [-0.05, 0) is 18.5 Å². The van der Waals surface area contributed by atoms with Gasteiger partial charge in [0.15, 0.2) is 0 Å². The van der Waals surface area contributed by atoms with E-state index in [0.717, 1.165) is 10.8 Å². The molecule has 3 heteroatoms. The van der Waals surface area contributed by atoms with Gasteiger partial charge in [0.05, 0.1) is 0 Å². The van der Waals surface area contributed by atoms with Gasteiger partial charge in [-0.1, -0.05) is 34.1 Å². The summed E-state index contributed by atoms with van der Waals surface area (Å²) in [4.78, 5) is 4.22. The highest BCUT2D eigenvalue weighted by molar-refractivity contribution is 7.05. The quantitative estimate of drug-likeness (QED) is 0.672. The van der Waals surface area contributed by atoms with Crippen molar-refractivity contribution < 1.29 is 0 Å². The van der Waals surface area contributed by atoms with Crippen LogP contribution in [0.1, 0.15) is 50.9 Å². The van der Waals surface area contributed by atoms with Crippen molar-refractivity contribution in [1.82, 2.24) is 9.36 Å². The summed E-state index contributed by atoms with van der Waals surface area (Å²) in [5.41, 5.74) is 0. The van der Waals surface area contributed by atoms with Gasteiger partial charge >= 0.3 is 0 Å². The molecule has 0 amide bonds. The Morgan fingerprint density at radius 1 is 1.33 bits per heavy atom. The summed E-state index contributed by atoms with van der Waals surface area (Å²) in [6, 6.07) is 0. The Labute approximate surface area is 79.2 Å². The van der Waals surface area contributed by atoms with Crippen molar-refractivity contribution in [2.75, 3.05) is 0 Å². The van der Waals surface area contributed by atoms with Crippen molar-refractivity contribution >= 4 is 11.5 Å². The Kier molecular flexibility index (Phi) is 5.89. The minimum Gasteiger partial charge on any atom is -0.225 e. The zero-order valence-electron chi connectivity index (χ0n) is 8.59. The van der Waals surface area contributed by atoms with Gasteiger partial charge in [-0.15, -0.1) is 0 Å². The topological polar surface area (TPSA) is 25.8 Å². The van der Waals surface area contributed by atoms with E-state index in [-0.39, 0.29) is 0 Å². The summed E-state index contributed by atoms with van der Waals surface area (Å²) in [5, 5.41) is 1.13. The number of nitrogens with zero attached hydrogens (tertiary/aromatic N) is 2. The van der Waals surface area contributed by atoms with Crippen LogP contribution in [-0.4, -0.2) is 9.36 Å². The third-order valence-corrected chi connectivity index (χ3v) is 2.14. The summed E-state index contributed by atoms with van der Waals surface area (Å²) < 4.78 is 4.07. The van der Waals surface area contributed by atoms with Gasteiger partial charge < -0.3 is 0 Å². The van der Waals surface area contributed by atoms with E-state index in [9.17, 15) is 0 Å². The molecular formula is C9H18N2S. The number of rotatable bonds is 1. The Balaban J connectivity index is 0.000000354. The Hall–Kier alpha value is -0.440. The average molecular weight is 186 g/mol. The second-order valence-corrected chi connectivity index (χ2v) is 3.83. The Morgan fingerprint density at radius 2 is 1.83 bits per heavy atom. The van der Waals surface area contributed by atoms with Gasteiger partial charge in [0.1, 0.15) is 10.8 Å². The van der Waals surface area contributed by atoms with Crippen molar-refractivity contribution in [3.8, 4) is 0 Å². The van der Waals surface area contributed by atoms with Gasteiger partial charge in [0.25, 0.3) is 0 Å². The molecular weight excluding hydrogens is 168 g/mol. The molecule has 1 heterocycles. The molecule has 0 aliphatic rings. The molecule has 1 aromatic heterocycles. The second kappa shape index (κ2) is 6.12. The third kappa shape index (κ3) is 4.44. The van der Waals surface area contributed by atoms with E-state index in [0.29, 0.717) is 5.92 Å². The first-order chi connectivity index (χ1) is 5.61. The first-order valence-corrected chi connectivity index (χ1v) is 5.19. The van der Waals surface area contributed by atoms with E-state index in [2.05, 4.69) is 37.1 Å². The van der Waals surface area contributed by atoms with Crippen LogP contribution in [0.4, 0.5) is 0 Å². The first kappa shape index (κ1) is 11.6. The van der Waals surface area contributed by atoms with E-state index < -0.39 is 0 Å². The van der Waals surface area contributed by atoms with Crippen LogP contribution in [0.2, 0.25) is 0 Å². The molecule has 1 aromatic rings. The van der Waals surface area contributed by atoms with E-state index >= 15 is 0 Å². The highest BCUT2D eigenvalue weighted by Crippen LogP contribution is 2.15. The normalized spacial score (nSPS) is 9.50. The predicted molar refractivity (Wildman–Crippen MR) is 54.7 cm³/mol. The Bertz CT molecular complexity index is 206. The zero-order chi connectivity index (χ0) is 9.56. The van der Waals surface area contributed by atoms with Crippen LogP contribution >= 0.6 is 11.5 Å². The van der Waals surface area contributed by atoms with E-state index in [1.54, 1.807) is 0 Å². The molecule has 0 bridgehead atoms. The summed E-state index contributed by atoms with van der Waals surface area (Å²) >= 11 is 1.50. The van der Waals surface area contributed by atoms with E-state index in [4.69, 9.17) is 0 Å². The molecule has 0 radical (unpaired) electrons. The van der Waals surface area contributed by atoms with Crippen molar-refractivity contribution in [2.24, 2.45) is 0 Å². The fraction of sp³-hybridized carbons (Fsp3) is 0.778. The summed E-state index contributed by atoms with van der Waals surface area (Å²) in [6.45, 7) is 10.4. The maximum absolute atomic E-state index is 4.22. The van der Waals surface area contributed by atoms with Crippen LogP contribution in [0.3, 0.4) is 0 Å². The lowest BCUT2D eigenvalue weighted by molar-refractivity contribution is 0.845. The molecule has 0 unspecified atom stereocenters. The fourth-order valence-electron chi connectivity index (χ4n) is 0.548. The molecule has 0 spiro atoms. The van der Waals surface area contributed by atoms with Crippen molar-refractivity contribution in [1.29, 1.82) is 0 Å². The summed E-state index contributed by atoms with van der Waals surface area (Å²) in [6.07, 6.45) is 1.25. The van der Waals surface area contributed by atoms with Gasteiger partial charge in [0, 0.05) is 5.92 Å². The van der Waals surface area contributed by atoms with Crippen LogP contribution < -0.4 is 0 Å². The molecule has 0 saturated heterocycles. The molecule has 0 aliphatic carbocycles. The van der Waals surface area contributed by atoms with E-state index in [1.807, 2.05) is 6.92 Å². The minimum atomic E-state index is 0.524. The maximum Gasteiger partial charge on any atom is 0.139 e. The van der Waals surface area contributed by atoms with E-state index in [1.165, 1.54) is 18.0 Å². The lowest BCUT2D eigenvalue weighted by atomic mass is 10.2. The number of hydrogen-bond acceptors (Lipinski definition) is 3. The third-order valence-electron chi connectivity index (χ3n) is 1.04. The average Bonchev–Trinajstić information content (AvgIpc) is 2.37. The number of aromatic nitrogens is 2. The molecule has 12 heavy (non-hydrogen) atoms. The fourth-order valence-corrected chi connectivity index (χ4v) is 1.20. The van der Waals surface area contributed by atoms with Crippen LogP contribution in [0.5, 0.6) is 0 Å². The molecule has 0 atom stereocenters. The zero-order valence-corrected chi connectivity index (χ0v) is 9.40. The summed E-state index contributed by atoms with van der Waals surface area (Å²) in [5.74, 6) is 1.42. The highest BCUT2D eigenvalue weighted by Gasteiger charge is 2.02. The summed E-state index contributed by atoms with van der Waals surface area (Å²) in [7, 11) is 0. The van der Waals surface area contributed by atoms with Gasteiger partial charge in [-0.25, -0.2) is 4.98 Å². The lowest BCUT2D eigenvalue weighted by Crippen LogP contribution is -1.84. The smallest absolute Gasteiger partial charge is 0.139 e. The van der Waals surface area contributed by atoms with Gasteiger partial charge in [-0.2, -0.15) is 4.37 Å². The number of hydrogen-bond donors (Lipinski definition) is 0. The van der Waals surface area contributed by atoms with Crippen LogP contribution in [0.25, 0.3) is 0 Å².